The summed E-state index contributed by atoms with van der Waals surface area (Å²) in [6, 6.07) is 14.4. The third-order valence-corrected chi connectivity index (χ3v) is 4.19. The van der Waals surface area contributed by atoms with Crippen LogP contribution in [-0.4, -0.2) is 11.7 Å². The minimum Gasteiger partial charge on any atom is -0.489 e. The van der Waals surface area contributed by atoms with Crippen LogP contribution in [0.3, 0.4) is 0 Å². The van der Waals surface area contributed by atoms with E-state index >= 15 is 0 Å². The highest BCUT2D eigenvalue weighted by Crippen LogP contribution is 2.22. The second-order valence-corrected chi connectivity index (χ2v) is 6.46. The summed E-state index contributed by atoms with van der Waals surface area (Å²) in [5.74, 6) is 0.786. The molecule has 2 rings (SSSR count). The first-order valence-corrected chi connectivity index (χ1v) is 8.92. The summed E-state index contributed by atoms with van der Waals surface area (Å²) in [6.45, 7) is 10.5. The molecule has 3 nitrogen and oxygen atoms in total. The van der Waals surface area contributed by atoms with Crippen molar-refractivity contribution in [1.82, 2.24) is 5.32 Å². The predicted molar refractivity (Wildman–Crippen MR) is 110 cm³/mol. The molecule has 0 aromatic heterocycles. The quantitative estimate of drug-likeness (QED) is 0.522. The minimum atomic E-state index is 0.181. The van der Waals surface area contributed by atoms with Gasteiger partial charge >= 0.3 is 0 Å². The largest absolute Gasteiger partial charge is 0.489 e. The zero-order valence-electron chi connectivity index (χ0n) is 15.1. The van der Waals surface area contributed by atoms with Gasteiger partial charge in [0, 0.05) is 11.8 Å². The van der Waals surface area contributed by atoms with E-state index in [4.69, 9.17) is 17.0 Å². The second kappa shape index (κ2) is 9.23. The fourth-order valence-electron chi connectivity index (χ4n) is 2.76. The molecule has 0 fully saturated rings. The maximum atomic E-state index is 5.55. The molecule has 0 saturated heterocycles. The molecule has 0 aliphatic rings. The molecule has 0 amide bonds. The lowest BCUT2D eigenvalue weighted by molar-refractivity contribution is 0.363. The fourth-order valence-corrected chi connectivity index (χ4v) is 3.02. The van der Waals surface area contributed by atoms with Gasteiger partial charge in [-0.3, -0.25) is 0 Å². The third kappa shape index (κ3) is 5.61. The van der Waals surface area contributed by atoms with Crippen LogP contribution in [0.25, 0.3) is 0 Å². The number of anilines is 1. The van der Waals surface area contributed by atoms with E-state index in [-0.39, 0.29) is 6.04 Å². The average molecular weight is 355 g/mol. The van der Waals surface area contributed by atoms with Crippen LogP contribution in [0.5, 0.6) is 5.75 Å². The number of nitrogens with one attached hydrogen (secondary N) is 2. The second-order valence-electron chi connectivity index (χ2n) is 6.05. The van der Waals surface area contributed by atoms with E-state index in [0.29, 0.717) is 11.7 Å². The van der Waals surface area contributed by atoms with E-state index < -0.39 is 0 Å². The molecule has 2 aromatic carbocycles. The van der Waals surface area contributed by atoms with Crippen molar-refractivity contribution in [3.05, 3.63) is 71.8 Å². The Bertz CT molecular complexity index is 742. The molecule has 2 N–H and O–H groups in total. The standard InChI is InChI=1S/C21H26N2OS/c1-5-12-24-18-9-7-8-17(14-18)22-21(25)23-20(6-2)19-11-10-15(3)13-16(19)4/h5,7-11,13-14,20H,1,6,12H2,2-4H3,(H2,22,23,25)/t20-/m0/s1. The van der Waals surface area contributed by atoms with Crippen molar-refractivity contribution in [2.24, 2.45) is 0 Å². The van der Waals surface area contributed by atoms with Crippen LogP contribution in [0.1, 0.15) is 36.1 Å². The van der Waals surface area contributed by atoms with Crippen LogP contribution >= 0.6 is 12.2 Å². The lowest BCUT2D eigenvalue weighted by atomic mass is 9.98. The first-order chi connectivity index (χ1) is 12.0. The molecule has 25 heavy (non-hydrogen) atoms. The van der Waals surface area contributed by atoms with Crippen molar-refractivity contribution in [3.63, 3.8) is 0 Å². The molecule has 1 atom stereocenters. The normalized spacial score (nSPS) is 11.5. The molecule has 0 unspecified atom stereocenters. The Hall–Kier alpha value is -2.33. The molecule has 0 spiro atoms. The topological polar surface area (TPSA) is 33.3 Å². The molecule has 0 aliphatic carbocycles. The van der Waals surface area contributed by atoms with Gasteiger partial charge in [0.2, 0.25) is 0 Å². The van der Waals surface area contributed by atoms with Crippen LogP contribution in [0, 0.1) is 13.8 Å². The van der Waals surface area contributed by atoms with Crippen LogP contribution in [0.15, 0.2) is 55.1 Å². The molecule has 0 bridgehead atoms. The Morgan fingerprint density at radius 1 is 1.24 bits per heavy atom. The minimum absolute atomic E-state index is 0.181. The van der Waals surface area contributed by atoms with Gasteiger partial charge < -0.3 is 15.4 Å². The molecular weight excluding hydrogens is 328 g/mol. The van der Waals surface area contributed by atoms with E-state index in [2.05, 4.69) is 56.2 Å². The number of benzene rings is 2. The van der Waals surface area contributed by atoms with E-state index in [9.17, 15) is 0 Å². The van der Waals surface area contributed by atoms with E-state index in [1.807, 2.05) is 24.3 Å². The molecular formula is C21H26N2OS. The Kier molecular flexibility index (Phi) is 7.02. The summed E-state index contributed by atoms with van der Waals surface area (Å²) in [4.78, 5) is 0. The Labute approximate surface area is 156 Å². The highest BCUT2D eigenvalue weighted by Gasteiger charge is 2.13. The van der Waals surface area contributed by atoms with Crippen LogP contribution in [0.2, 0.25) is 0 Å². The summed E-state index contributed by atoms with van der Waals surface area (Å²) in [7, 11) is 0. The molecule has 0 radical (unpaired) electrons. The van der Waals surface area contributed by atoms with Crippen LogP contribution < -0.4 is 15.4 Å². The third-order valence-electron chi connectivity index (χ3n) is 3.97. The van der Waals surface area contributed by atoms with Crippen molar-refractivity contribution in [2.75, 3.05) is 11.9 Å². The van der Waals surface area contributed by atoms with Gasteiger partial charge in [0.25, 0.3) is 0 Å². The molecule has 0 saturated carbocycles. The highest BCUT2D eigenvalue weighted by atomic mass is 32.1. The van der Waals surface area contributed by atoms with E-state index in [0.717, 1.165) is 17.9 Å². The van der Waals surface area contributed by atoms with Crippen molar-refractivity contribution in [1.29, 1.82) is 0 Å². The molecule has 0 aliphatic heterocycles. The number of rotatable bonds is 7. The van der Waals surface area contributed by atoms with E-state index in [1.165, 1.54) is 16.7 Å². The van der Waals surface area contributed by atoms with Gasteiger partial charge in [-0.05, 0) is 55.7 Å². The van der Waals surface area contributed by atoms with Gasteiger partial charge in [-0.15, -0.1) is 0 Å². The van der Waals surface area contributed by atoms with Gasteiger partial charge in [-0.1, -0.05) is 49.4 Å². The van der Waals surface area contributed by atoms with Gasteiger partial charge in [0.05, 0.1) is 6.04 Å². The lowest BCUT2D eigenvalue weighted by Gasteiger charge is -2.22. The SMILES string of the molecule is C=CCOc1cccc(NC(=S)N[C@@H](CC)c2ccc(C)cc2C)c1. The van der Waals surface area contributed by atoms with Crippen LogP contribution in [-0.2, 0) is 0 Å². The Morgan fingerprint density at radius 3 is 2.72 bits per heavy atom. The lowest BCUT2D eigenvalue weighted by Crippen LogP contribution is -2.32. The molecule has 2 aromatic rings. The summed E-state index contributed by atoms with van der Waals surface area (Å²) >= 11 is 5.50. The van der Waals surface area contributed by atoms with Gasteiger partial charge in [0.1, 0.15) is 12.4 Å². The average Bonchev–Trinajstić information content (AvgIpc) is 2.58. The zero-order chi connectivity index (χ0) is 18.2. The highest BCUT2D eigenvalue weighted by molar-refractivity contribution is 7.80. The first-order valence-electron chi connectivity index (χ1n) is 8.52. The number of aryl methyl sites for hydroxylation is 2. The smallest absolute Gasteiger partial charge is 0.171 e. The van der Waals surface area contributed by atoms with Crippen LogP contribution in [0.4, 0.5) is 5.69 Å². The maximum absolute atomic E-state index is 5.55. The number of hydrogen-bond donors (Lipinski definition) is 2. The summed E-state index contributed by atoms with van der Waals surface area (Å²) in [5.41, 5.74) is 4.73. The monoisotopic (exact) mass is 354 g/mol. The van der Waals surface area contributed by atoms with Crippen molar-refractivity contribution in [3.8, 4) is 5.75 Å². The molecule has 132 valence electrons. The molecule has 4 heteroatoms. The van der Waals surface area contributed by atoms with Crippen molar-refractivity contribution in [2.45, 2.75) is 33.2 Å². The van der Waals surface area contributed by atoms with Gasteiger partial charge in [-0.2, -0.15) is 0 Å². The number of hydrogen-bond acceptors (Lipinski definition) is 2. The predicted octanol–water partition coefficient (Wildman–Crippen LogP) is 5.31. The number of ether oxygens (including phenoxy) is 1. The summed E-state index contributed by atoms with van der Waals surface area (Å²) < 4.78 is 5.55. The Morgan fingerprint density at radius 2 is 2.04 bits per heavy atom. The maximum Gasteiger partial charge on any atom is 0.171 e. The van der Waals surface area contributed by atoms with Gasteiger partial charge in [0.15, 0.2) is 5.11 Å². The summed E-state index contributed by atoms with van der Waals surface area (Å²) in [5, 5.41) is 7.26. The number of thiocarbonyl (C=S) groups is 1. The fraction of sp³-hybridized carbons (Fsp3) is 0.286. The summed E-state index contributed by atoms with van der Waals surface area (Å²) in [6.07, 6.45) is 2.68. The Balaban J connectivity index is 2.03. The molecule has 0 heterocycles. The van der Waals surface area contributed by atoms with E-state index in [1.54, 1.807) is 6.08 Å². The van der Waals surface area contributed by atoms with Crippen molar-refractivity contribution < 1.29 is 4.74 Å². The zero-order valence-corrected chi connectivity index (χ0v) is 16.0. The van der Waals surface area contributed by atoms with Gasteiger partial charge in [-0.25, -0.2) is 0 Å². The first kappa shape index (κ1) is 19.0. The van der Waals surface area contributed by atoms with Crippen molar-refractivity contribution >= 4 is 23.0 Å².